The zero-order valence-electron chi connectivity index (χ0n) is 18.2. The van der Waals surface area contributed by atoms with Crippen LogP contribution in [0.4, 0.5) is 5.69 Å². The first-order valence-electron chi connectivity index (χ1n) is 10.5. The molecule has 1 atom stereocenters. The van der Waals surface area contributed by atoms with Crippen molar-refractivity contribution in [3.8, 4) is 17.6 Å². The van der Waals surface area contributed by atoms with Gasteiger partial charge in [0.15, 0.2) is 11.5 Å². The number of benzene rings is 3. The molecule has 6 nitrogen and oxygen atoms in total. The number of rotatable bonds is 6. The molecule has 0 spiro atoms. The number of hydrogen-bond donors (Lipinski definition) is 1. The minimum atomic E-state index is -0.120. The van der Waals surface area contributed by atoms with Crippen molar-refractivity contribution in [2.75, 3.05) is 32.6 Å². The summed E-state index contributed by atoms with van der Waals surface area (Å²) in [6.07, 6.45) is 0.802. The first kappa shape index (κ1) is 21.4. The van der Waals surface area contributed by atoms with E-state index in [1.54, 1.807) is 38.5 Å². The van der Waals surface area contributed by atoms with Gasteiger partial charge in [0, 0.05) is 12.2 Å². The molecule has 0 saturated carbocycles. The molecule has 0 saturated heterocycles. The van der Waals surface area contributed by atoms with Crippen LogP contribution in [0.1, 0.15) is 28.3 Å². The second-order valence-electron chi connectivity index (χ2n) is 7.68. The molecule has 1 amide bonds. The fourth-order valence-corrected chi connectivity index (χ4v) is 4.25. The highest BCUT2D eigenvalue weighted by Gasteiger charge is 2.31. The number of hydrogen-bond acceptors (Lipinski definition) is 5. The Hall–Kier alpha value is -3.82. The summed E-state index contributed by atoms with van der Waals surface area (Å²) in [5.41, 5.74) is 4.54. The van der Waals surface area contributed by atoms with E-state index in [0.29, 0.717) is 22.7 Å². The molecule has 0 aromatic heterocycles. The monoisotopic (exact) mass is 427 g/mol. The molecule has 1 aliphatic heterocycles. The Kier molecular flexibility index (Phi) is 6.39. The number of nitrogens with zero attached hydrogens (tertiary/aromatic N) is 2. The van der Waals surface area contributed by atoms with Gasteiger partial charge in [0.25, 0.3) is 0 Å². The number of nitriles is 1. The Morgan fingerprint density at radius 1 is 1.06 bits per heavy atom. The highest BCUT2D eigenvalue weighted by Crippen LogP contribution is 2.40. The summed E-state index contributed by atoms with van der Waals surface area (Å²) < 4.78 is 11.0. The summed E-state index contributed by atoms with van der Waals surface area (Å²) >= 11 is 0. The van der Waals surface area contributed by atoms with Crippen LogP contribution in [-0.4, -0.2) is 38.1 Å². The largest absolute Gasteiger partial charge is 0.493 e. The highest BCUT2D eigenvalue weighted by atomic mass is 16.5. The summed E-state index contributed by atoms with van der Waals surface area (Å²) in [4.78, 5) is 15.1. The molecule has 1 unspecified atom stereocenters. The predicted molar refractivity (Wildman–Crippen MR) is 123 cm³/mol. The van der Waals surface area contributed by atoms with Crippen molar-refractivity contribution in [2.45, 2.75) is 12.5 Å². The molecule has 0 bridgehead atoms. The lowest BCUT2D eigenvalue weighted by Crippen LogP contribution is -2.41. The Bertz CT molecular complexity index is 1150. The SMILES string of the molecule is COc1cc2c(cc1OC)C(c1ccccc1)N(CC(=O)Nc1cccc(C#N)c1)CC2. The number of anilines is 1. The second-order valence-corrected chi connectivity index (χ2v) is 7.68. The molecule has 0 aliphatic carbocycles. The van der Waals surface area contributed by atoms with Gasteiger partial charge in [-0.15, -0.1) is 0 Å². The molecule has 3 aromatic rings. The van der Waals surface area contributed by atoms with E-state index in [2.05, 4.69) is 28.4 Å². The first-order chi connectivity index (χ1) is 15.6. The number of amides is 1. The van der Waals surface area contributed by atoms with Gasteiger partial charge in [0.05, 0.1) is 38.4 Å². The van der Waals surface area contributed by atoms with Crippen molar-refractivity contribution in [1.29, 1.82) is 5.26 Å². The van der Waals surface area contributed by atoms with E-state index in [0.717, 1.165) is 24.1 Å². The van der Waals surface area contributed by atoms with Crippen molar-refractivity contribution in [2.24, 2.45) is 0 Å². The number of methoxy groups -OCH3 is 2. The summed E-state index contributed by atoms with van der Waals surface area (Å²) in [5, 5.41) is 12.0. The molecule has 0 fully saturated rings. The van der Waals surface area contributed by atoms with Crippen LogP contribution >= 0.6 is 0 Å². The number of fused-ring (bicyclic) bond motifs is 1. The maximum atomic E-state index is 12.9. The van der Waals surface area contributed by atoms with Gasteiger partial charge in [0.2, 0.25) is 5.91 Å². The number of carbonyl (C=O) groups is 1. The Morgan fingerprint density at radius 3 is 2.53 bits per heavy atom. The van der Waals surface area contributed by atoms with Crippen molar-refractivity contribution in [3.05, 3.63) is 89.0 Å². The van der Waals surface area contributed by atoms with Crippen molar-refractivity contribution >= 4 is 11.6 Å². The van der Waals surface area contributed by atoms with E-state index in [1.807, 2.05) is 30.3 Å². The lowest BCUT2D eigenvalue weighted by atomic mass is 9.87. The summed E-state index contributed by atoms with van der Waals surface area (Å²) in [6.45, 7) is 0.956. The molecular weight excluding hydrogens is 402 g/mol. The van der Waals surface area contributed by atoms with Gasteiger partial charge in [-0.3, -0.25) is 9.69 Å². The van der Waals surface area contributed by atoms with E-state index in [9.17, 15) is 4.79 Å². The standard InChI is InChI=1S/C26H25N3O3/c1-31-23-14-20-11-12-29(17-25(30)28-21-10-6-7-18(13-21)16-27)26(19-8-4-3-5-9-19)22(20)15-24(23)32-2/h3-10,13-15,26H,11-12,17H2,1-2H3,(H,28,30). The van der Waals surface area contributed by atoms with Gasteiger partial charge in [-0.1, -0.05) is 36.4 Å². The smallest absolute Gasteiger partial charge is 0.238 e. The van der Waals surface area contributed by atoms with Crippen LogP contribution in [0.25, 0.3) is 0 Å². The molecule has 0 radical (unpaired) electrons. The summed E-state index contributed by atoms with van der Waals surface area (Å²) in [7, 11) is 3.27. The van der Waals surface area contributed by atoms with Gasteiger partial charge in [-0.25, -0.2) is 0 Å². The van der Waals surface area contributed by atoms with Crippen molar-refractivity contribution < 1.29 is 14.3 Å². The second kappa shape index (κ2) is 9.54. The zero-order valence-corrected chi connectivity index (χ0v) is 18.2. The van der Waals surface area contributed by atoms with Crippen molar-refractivity contribution in [3.63, 3.8) is 0 Å². The Labute approximate surface area is 188 Å². The number of ether oxygens (including phenoxy) is 2. The fourth-order valence-electron chi connectivity index (χ4n) is 4.25. The lowest BCUT2D eigenvalue weighted by molar-refractivity contribution is -0.117. The molecule has 1 aliphatic rings. The Balaban J connectivity index is 1.64. The molecule has 162 valence electrons. The van der Waals surface area contributed by atoms with E-state index in [-0.39, 0.29) is 18.5 Å². The van der Waals surface area contributed by atoms with Gasteiger partial charge in [-0.05, 0) is 53.4 Å². The average Bonchev–Trinajstić information content (AvgIpc) is 2.83. The van der Waals surface area contributed by atoms with Gasteiger partial charge in [-0.2, -0.15) is 5.26 Å². The van der Waals surface area contributed by atoms with Crippen LogP contribution in [0.3, 0.4) is 0 Å². The minimum Gasteiger partial charge on any atom is -0.493 e. The number of nitrogens with one attached hydrogen (secondary N) is 1. The van der Waals surface area contributed by atoms with E-state index in [1.165, 1.54) is 5.56 Å². The quantitative estimate of drug-likeness (QED) is 0.639. The maximum absolute atomic E-state index is 12.9. The van der Waals surface area contributed by atoms with E-state index < -0.39 is 0 Å². The van der Waals surface area contributed by atoms with Crippen LogP contribution in [0.5, 0.6) is 11.5 Å². The molecule has 6 heteroatoms. The Morgan fingerprint density at radius 2 is 1.81 bits per heavy atom. The maximum Gasteiger partial charge on any atom is 0.238 e. The van der Waals surface area contributed by atoms with E-state index in [4.69, 9.17) is 14.7 Å². The van der Waals surface area contributed by atoms with E-state index >= 15 is 0 Å². The minimum absolute atomic E-state index is 0.0871. The third-order valence-electron chi connectivity index (χ3n) is 5.71. The fraction of sp³-hybridized carbons (Fsp3) is 0.231. The zero-order chi connectivity index (χ0) is 22.5. The molecule has 1 heterocycles. The number of carbonyl (C=O) groups excluding carboxylic acids is 1. The topological polar surface area (TPSA) is 74.6 Å². The average molecular weight is 428 g/mol. The van der Waals surface area contributed by atoms with Crippen LogP contribution in [0.15, 0.2) is 66.7 Å². The molecule has 3 aromatic carbocycles. The molecular formula is C26H25N3O3. The molecule has 1 N–H and O–H groups in total. The van der Waals surface area contributed by atoms with Gasteiger partial charge >= 0.3 is 0 Å². The van der Waals surface area contributed by atoms with Crippen LogP contribution < -0.4 is 14.8 Å². The normalized spacial score (nSPS) is 15.3. The lowest BCUT2D eigenvalue weighted by Gasteiger charge is -2.37. The van der Waals surface area contributed by atoms with Gasteiger partial charge < -0.3 is 14.8 Å². The van der Waals surface area contributed by atoms with Crippen LogP contribution in [0, 0.1) is 11.3 Å². The summed E-state index contributed by atoms with van der Waals surface area (Å²) in [6, 6.07) is 23.2. The summed E-state index contributed by atoms with van der Waals surface area (Å²) in [5.74, 6) is 1.26. The first-order valence-corrected chi connectivity index (χ1v) is 10.5. The predicted octanol–water partition coefficient (Wildman–Crippen LogP) is 4.16. The van der Waals surface area contributed by atoms with Gasteiger partial charge in [0.1, 0.15) is 0 Å². The third-order valence-corrected chi connectivity index (χ3v) is 5.71. The molecule has 32 heavy (non-hydrogen) atoms. The van der Waals surface area contributed by atoms with Crippen molar-refractivity contribution in [1.82, 2.24) is 4.90 Å². The third kappa shape index (κ3) is 4.43. The van der Waals surface area contributed by atoms with Crippen LogP contribution in [-0.2, 0) is 11.2 Å². The highest BCUT2D eigenvalue weighted by molar-refractivity contribution is 5.92. The van der Waals surface area contributed by atoms with Crippen LogP contribution in [0.2, 0.25) is 0 Å². The molecule has 4 rings (SSSR count).